The summed E-state index contributed by atoms with van der Waals surface area (Å²) in [6.07, 6.45) is 75.4. The number of rotatable bonds is 70. The van der Waals surface area contributed by atoms with Gasteiger partial charge in [0.25, 0.3) is 0 Å². The predicted molar refractivity (Wildman–Crippen MR) is 406 cm³/mol. The summed E-state index contributed by atoms with van der Waals surface area (Å²) in [5.74, 6) is 2.05. The van der Waals surface area contributed by atoms with E-state index in [1.165, 1.54) is 141 Å². The second-order valence-electron chi connectivity index (χ2n) is 27.0. The number of allylic oxidation sites excluding steroid dienone is 12. The number of ether oxygens (including phenoxy) is 1. The fourth-order valence-electron chi connectivity index (χ4n) is 12.3. The van der Waals surface area contributed by atoms with Crippen LogP contribution in [0.4, 0.5) is 0 Å². The van der Waals surface area contributed by atoms with Gasteiger partial charge in [-0.15, -0.1) is 0 Å². The molecule has 0 aromatic carbocycles. The fraction of sp³-hybridized carbons (Fsp3) is 0.838. The maximum absolute atomic E-state index is 12.9. The Balaban J connectivity index is 2.43. The molecule has 538 valence electrons. The number of nitrogens with zero attached hydrogens (tertiary/aromatic N) is 4. The van der Waals surface area contributed by atoms with E-state index >= 15 is 0 Å². The van der Waals surface area contributed by atoms with Crippen LogP contribution in [-0.4, -0.2) is 167 Å². The van der Waals surface area contributed by atoms with Gasteiger partial charge in [0, 0.05) is 83.4 Å². The number of esters is 1. The zero-order chi connectivity index (χ0) is 66.5. The molecule has 0 amide bonds. The van der Waals surface area contributed by atoms with Crippen LogP contribution in [0.15, 0.2) is 72.9 Å². The lowest BCUT2D eigenvalue weighted by molar-refractivity contribution is -0.144. The van der Waals surface area contributed by atoms with E-state index < -0.39 is 12.2 Å². The Kier molecular flexibility index (Phi) is 67.8. The van der Waals surface area contributed by atoms with Crippen molar-refractivity contribution < 1.29 is 30.0 Å². The monoisotopic (exact) mass is 1330 g/mol. The molecule has 0 bridgehead atoms. The van der Waals surface area contributed by atoms with Gasteiger partial charge < -0.3 is 25.2 Å². The highest BCUT2D eigenvalue weighted by atomic mass is 33.1. The molecule has 0 aliphatic carbocycles. The van der Waals surface area contributed by atoms with E-state index in [9.17, 15) is 25.2 Å². The van der Waals surface area contributed by atoms with Crippen molar-refractivity contribution >= 4 is 27.6 Å². The van der Waals surface area contributed by atoms with E-state index in [1.54, 1.807) is 0 Å². The van der Waals surface area contributed by atoms with Crippen LogP contribution in [-0.2, 0) is 9.53 Å². The minimum Gasteiger partial charge on any atom is -0.464 e. The standard InChI is InChI=1S/C80H150N4O6S2/c1-5-9-13-17-21-25-29-31-33-35-39-43-47-49-56-76(85)72-83(73-77(86)57-50-48-44-40-36-34-32-30-26-22-18-14-10-6-2)61-54-53-60-80(89)90-69-67-81-63-65-82(66-64-81)68-71-92-91-70-55-62-84(74-78(87)58-51-45-41-37-27-23-19-15-11-7-3)75-79(88)59-52-46-42-38-28-24-20-16-12-8-4/h9-10,13-14,21-22,25-26,31-34,76-79,85-88H,5-8,11-12,15-20,23-24,27-30,35-75H2,1-4H3/b13-9-,14-10-,25-21-,26-22-,33-31-,34-32-. The topological polar surface area (TPSA) is 120 Å². The molecule has 0 spiro atoms. The number of aliphatic hydroxyl groups is 4. The molecule has 1 heterocycles. The highest BCUT2D eigenvalue weighted by Gasteiger charge is 2.20. The summed E-state index contributed by atoms with van der Waals surface area (Å²) in [6, 6.07) is 0. The maximum Gasteiger partial charge on any atom is 0.305 e. The van der Waals surface area contributed by atoms with Gasteiger partial charge in [0.1, 0.15) is 6.61 Å². The van der Waals surface area contributed by atoms with Crippen molar-refractivity contribution in [3.63, 3.8) is 0 Å². The Labute approximate surface area is 578 Å². The fourth-order valence-corrected chi connectivity index (χ4v) is 14.4. The minimum atomic E-state index is -0.420. The van der Waals surface area contributed by atoms with Crippen molar-refractivity contribution in [1.29, 1.82) is 0 Å². The van der Waals surface area contributed by atoms with E-state index in [1.807, 2.05) is 21.6 Å². The van der Waals surface area contributed by atoms with Crippen LogP contribution in [0, 0.1) is 0 Å². The lowest BCUT2D eigenvalue weighted by Gasteiger charge is -2.34. The lowest BCUT2D eigenvalue weighted by Crippen LogP contribution is -2.47. The number of aliphatic hydroxyl groups excluding tert-OH is 4. The van der Waals surface area contributed by atoms with Gasteiger partial charge in [-0.25, -0.2) is 0 Å². The first-order chi connectivity index (χ1) is 45.2. The van der Waals surface area contributed by atoms with E-state index in [-0.39, 0.29) is 18.2 Å². The molecule has 4 N–H and O–H groups in total. The van der Waals surface area contributed by atoms with Gasteiger partial charge in [0.15, 0.2) is 0 Å². The molecule has 12 heteroatoms. The number of carbonyl (C=O) groups is 1. The molecular formula is C80H150N4O6S2. The third-order valence-corrected chi connectivity index (χ3v) is 20.5. The van der Waals surface area contributed by atoms with Crippen LogP contribution in [0.25, 0.3) is 0 Å². The van der Waals surface area contributed by atoms with Gasteiger partial charge in [-0.2, -0.15) is 0 Å². The highest BCUT2D eigenvalue weighted by molar-refractivity contribution is 8.76. The third-order valence-electron chi connectivity index (χ3n) is 18.1. The zero-order valence-electron chi connectivity index (χ0n) is 60.7. The minimum absolute atomic E-state index is 0.127. The molecule has 0 radical (unpaired) electrons. The Hall–Kier alpha value is -1.71. The molecule has 1 aliphatic rings. The molecule has 0 aromatic heterocycles. The summed E-state index contributed by atoms with van der Waals surface area (Å²) in [6.45, 7) is 19.4. The molecule has 10 nitrogen and oxygen atoms in total. The van der Waals surface area contributed by atoms with Crippen molar-refractivity contribution in [2.75, 3.05) is 96.6 Å². The number of hydrogen-bond acceptors (Lipinski definition) is 12. The van der Waals surface area contributed by atoms with Gasteiger partial charge in [-0.3, -0.25) is 24.4 Å². The molecular weight excluding hydrogens is 1180 g/mol. The summed E-state index contributed by atoms with van der Waals surface area (Å²) < 4.78 is 5.75. The lowest BCUT2D eigenvalue weighted by atomic mass is 10.0. The van der Waals surface area contributed by atoms with Crippen LogP contribution < -0.4 is 0 Å². The van der Waals surface area contributed by atoms with Gasteiger partial charge in [-0.05, 0) is 122 Å². The predicted octanol–water partition coefficient (Wildman–Crippen LogP) is 20.2. The number of unbranched alkanes of at least 4 members (excludes halogenated alkanes) is 27. The Morgan fingerprint density at radius 3 is 1.10 bits per heavy atom. The van der Waals surface area contributed by atoms with Crippen LogP contribution in [0.2, 0.25) is 0 Å². The normalized spacial score (nSPS) is 15.2. The maximum atomic E-state index is 12.9. The van der Waals surface area contributed by atoms with Crippen LogP contribution in [0.1, 0.15) is 310 Å². The summed E-state index contributed by atoms with van der Waals surface area (Å²) in [5.41, 5.74) is 0. The second kappa shape index (κ2) is 70.6. The molecule has 1 saturated heterocycles. The van der Waals surface area contributed by atoms with E-state index in [0.29, 0.717) is 39.2 Å². The Bertz CT molecular complexity index is 1630. The third kappa shape index (κ3) is 63.1. The summed E-state index contributed by atoms with van der Waals surface area (Å²) in [4.78, 5) is 22.5. The number of piperazine rings is 1. The Morgan fingerprint density at radius 2 is 0.707 bits per heavy atom. The first-order valence-electron chi connectivity index (χ1n) is 39.1. The highest BCUT2D eigenvalue weighted by Crippen LogP contribution is 2.23. The Morgan fingerprint density at radius 1 is 0.380 bits per heavy atom. The molecule has 1 rings (SSSR count). The number of carbonyl (C=O) groups excluding carboxylic acids is 1. The van der Waals surface area contributed by atoms with Crippen molar-refractivity contribution in [1.82, 2.24) is 19.6 Å². The largest absolute Gasteiger partial charge is 0.464 e. The molecule has 0 aromatic rings. The van der Waals surface area contributed by atoms with Crippen molar-refractivity contribution in [2.24, 2.45) is 0 Å². The number of hydrogen-bond donors (Lipinski definition) is 4. The smallest absolute Gasteiger partial charge is 0.305 e. The average molecular weight is 1330 g/mol. The average Bonchev–Trinajstić information content (AvgIpc) is 3.58. The second-order valence-corrected chi connectivity index (χ2v) is 29.7. The van der Waals surface area contributed by atoms with E-state index in [0.717, 1.165) is 199 Å². The molecule has 1 fully saturated rings. The molecule has 4 atom stereocenters. The summed E-state index contributed by atoms with van der Waals surface area (Å²) >= 11 is 0. The molecule has 92 heavy (non-hydrogen) atoms. The van der Waals surface area contributed by atoms with Crippen molar-refractivity contribution in [2.45, 2.75) is 335 Å². The van der Waals surface area contributed by atoms with Crippen molar-refractivity contribution in [3.05, 3.63) is 72.9 Å². The van der Waals surface area contributed by atoms with E-state index in [2.05, 4.69) is 120 Å². The SMILES string of the molecule is CC/C=C\C/C=C\C/C=C\CCCCCCC(O)CN(CCCCC(=O)OCCN1CCN(CCSSCCCN(CC(O)CCCCCCCCCCCC)CC(O)CCCCCCCCCCCC)CC1)CC(O)CCCCCC/C=C\C/C=C\C/C=C\CC. The van der Waals surface area contributed by atoms with Gasteiger partial charge in [0.05, 0.1) is 24.4 Å². The zero-order valence-corrected chi connectivity index (χ0v) is 62.3. The van der Waals surface area contributed by atoms with Crippen LogP contribution >= 0.6 is 21.6 Å². The van der Waals surface area contributed by atoms with E-state index in [4.69, 9.17) is 4.74 Å². The quantitative estimate of drug-likeness (QED) is 0.0201. The first-order valence-corrected chi connectivity index (χ1v) is 41.6. The molecule has 1 aliphatic heterocycles. The van der Waals surface area contributed by atoms with Crippen LogP contribution in [0.5, 0.6) is 0 Å². The van der Waals surface area contributed by atoms with Crippen LogP contribution in [0.3, 0.4) is 0 Å². The van der Waals surface area contributed by atoms with Crippen molar-refractivity contribution in [3.8, 4) is 0 Å². The van der Waals surface area contributed by atoms with Gasteiger partial charge >= 0.3 is 5.97 Å². The van der Waals surface area contributed by atoms with Gasteiger partial charge in [0.2, 0.25) is 0 Å². The molecule has 4 unspecified atom stereocenters. The summed E-state index contributed by atoms with van der Waals surface area (Å²) in [7, 11) is 3.95. The molecule has 0 saturated carbocycles. The summed E-state index contributed by atoms with van der Waals surface area (Å²) in [5, 5.41) is 44.6. The first kappa shape index (κ1) is 88.3. The van der Waals surface area contributed by atoms with Gasteiger partial charge in [-0.1, -0.05) is 289 Å².